The molecule has 1 unspecified atom stereocenters. The number of aromatic nitrogens is 1. The summed E-state index contributed by atoms with van der Waals surface area (Å²) in [4.78, 5) is 18.2. The van der Waals surface area contributed by atoms with E-state index in [4.69, 9.17) is 4.74 Å². The standard InChI is InChI=1S/C28H26F4N2O4/c1-38-18-4-5-24-20(15-18)26(23(32)16-33-24)25(35)6-7-28(27(36)37)8-11-34(12-9-28)10-2-3-19-21(30)13-17(29)14-22(19)31/h4-5,13-16,25,35H,6-12H2,1H3,(H,36,37). The first kappa shape index (κ1) is 27.4. The van der Waals surface area contributed by atoms with E-state index in [1.54, 1.807) is 18.2 Å². The molecule has 0 spiro atoms. The van der Waals surface area contributed by atoms with Gasteiger partial charge in [-0.3, -0.25) is 14.7 Å². The van der Waals surface area contributed by atoms with Crippen LogP contribution < -0.4 is 4.74 Å². The molecular weight excluding hydrogens is 504 g/mol. The smallest absolute Gasteiger partial charge is 0.309 e. The van der Waals surface area contributed by atoms with Crippen molar-refractivity contribution in [3.8, 4) is 17.6 Å². The molecule has 1 aromatic heterocycles. The molecule has 200 valence electrons. The lowest BCUT2D eigenvalue weighted by molar-refractivity contribution is -0.153. The Morgan fingerprint density at radius 2 is 1.82 bits per heavy atom. The zero-order valence-electron chi connectivity index (χ0n) is 20.6. The molecule has 38 heavy (non-hydrogen) atoms. The summed E-state index contributed by atoms with van der Waals surface area (Å²) in [7, 11) is 1.47. The van der Waals surface area contributed by atoms with Crippen molar-refractivity contribution in [2.45, 2.75) is 31.8 Å². The normalized spacial score (nSPS) is 16.1. The second-order valence-corrected chi connectivity index (χ2v) is 9.37. The van der Waals surface area contributed by atoms with Crippen LogP contribution in [0.5, 0.6) is 5.75 Å². The van der Waals surface area contributed by atoms with Crippen molar-refractivity contribution in [2.24, 2.45) is 5.41 Å². The van der Waals surface area contributed by atoms with E-state index in [2.05, 4.69) is 16.8 Å². The number of aliphatic hydroxyl groups is 1. The number of methoxy groups -OCH3 is 1. The summed E-state index contributed by atoms with van der Waals surface area (Å²) in [5, 5.41) is 21.3. The number of aliphatic hydroxyl groups excluding tert-OH is 1. The number of likely N-dealkylation sites (tertiary alicyclic amines) is 1. The first-order valence-electron chi connectivity index (χ1n) is 12.0. The second kappa shape index (κ2) is 11.4. The van der Waals surface area contributed by atoms with Crippen molar-refractivity contribution in [2.75, 3.05) is 26.7 Å². The summed E-state index contributed by atoms with van der Waals surface area (Å²) in [5.41, 5.74) is -1.13. The molecule has 3 aromatic rings. The summed E-state index contributed by atoms with van der Waals surface area (Å²) in [6, 6.07) is 6.02. The minimum Gasteiger partial charge on any atom is -0.497 e. The molecule has 10 heteroatoms. The van der Waals surface area contributed by atoms with E-state index in [1.165, 1.54) is 7.11 Å². The van der Waals surface area contributed by atoms with Gasteiger partial charge in [0.05, 0.1) is 42.5 Å². The van der Waals surface area contributed by atoms with Crippen molar-refractivity contribution in [1.29, 1.82) is 0 Å². The van der Waals surface area contributed by atoms with E-state index in [1.807, 2.05) is 4.90 Å². The maximum atomic E-state index is 14.7. The van der Waals surface area contributed by atoms with Gasteiger partial charge < -0.3 is 14.9 Å². The highest BCUT2D eigenvalue weighted by atomic mass is 19.1. The molecule has 1 saturated heterocycles. The Morgan fingerprint density at radius 3 is 2.45 bits per heavy atom. The molecule has 0 amide bonds. The third-order valence-corrected chi connectivity index (χ3v) is 7.09. The number of benzene rings is 2. The Hall–Kier alpha value is -3.68. The van der Waals surface area contributed by atoms with Gasteiger partial charge in [0.25, 0.3) is 0 Å². The number of hydrogen-bond donors (Lipinski definition) is 2. The van der Waals surface area contributed by atoms with Gasteiger partial charge in [-0.05, 0) is 43.9 Å². The highest BCUT2D eigenvalue weighted by molar-refractivity contribution is 5.84. The molecule has 2 N–H and O–H groups in total. The number of nitrogens with zero attached hydrogens (tertiary/aromatic N) is 2. The van der Waals surface area contributed by atoms with Crippen molar-refractivity contribution < 1.29 is 37.3 Å². The lowest BCUT2D eigenvalue weighted by atomic mass is 9.74. The summed E-state index contributed by atoms with van der Waals surface area (Å²) in [6.07, 6.45) is 0.411. The number of carboxylic acids is 1. The minimum absolute atomic E-state index is 0.0163. The number of fused-ring (bicyclic) bond motifs is 1. The zero-order chi connectivity index (χ0) is 27.4. The Bertz CT molecular complexity index is 1390. The first-order valence-corrected chi connectivity index (χ1v) is 12.0. The van der Waals surface area contributed by atoms with Crippen LogP contribution in [0.2, 0.25) is 0 Å². The van der Waals surface area contributed by atoms with E-state index < -0.39 is 46.3 Å². The number of ether oxygens (including phenoxy) is 1. The molecule has 0 aliphatic carbocycles. The number of halogens is 4. The van der Waals surface area contributed by atoms with Gasteiger partial charge in [0, 0.05) is 36.2 Å². The van der Waals surface area contributed by atoms with Crippen LogP contribution in [0.4, 0.5) is 17.6 Å². The van der Waals surface area contributed by atoms with Gasteiger partial charge in [0.1, 0.15) is 29.0 Å². The number of rotatable bonds is 7. The molecule has 1 atom stereocenters. The maximum Gasteiger partial charge on any atom is 0.309 e. The molecule has 1 aliphatic rings. The highest BCUT2D eigenvalue weighted by Gasteiger charge is 2.41. The topological polar surface area (TPSA) is 82.9 Å². The number of hydrogen-bond acceptors (Lipinski definition) is 5. The van der Waals surface area contributed by atoms with Gasteiger partial charge in [-0.2, -0.15) is 0 Å². The van der Waals surface area contributed by atoms with Crippen LogP contribution in [0.1, 0.15) is 42.9 Å². The zero-order valence-corrected chi connectivity index (χ0v) is 20.6. The minimum atomic E-state index is -1.26. The Kier molecular flexibility index (Phi) is 8.19. The number of carboxylic acid groups (broad SMARTS) is 1. The number of carbonyl (C=O) groups is 1. The fourth-order valence-corrected chi connectivity index (χ4v) is 4.80. The third-order valence-electron chi connectivity index (χ3n) is 7.09. The van der Waals surface area contributed by atoms with Crippen LogP contribution in [0.25, 0.3) is 10.9 Å². The molecule has 4 rings (SSSR count). The van der Waals surface area contributed by atoms with Gasteiger partial charge in [0.2, 0.25) is 0 Å². The summed E-state index contributed by atoms with van der Waals surface area (Å²) < 4.78 is 60.5. The lowest BCUT2D eigenvalue weighted by Crippen LogP contribution is -2.44. The maximum absolute atomic E-state index is 14.7. The molecule has 0 radical (unpaired) electrons. The van der Waals surface area contributed by atoms with E-state index in [0.29, 0.717) is 41.9 Å². The Balaban J connectivity index is 1.42. The number of pyridine rings is 1. The molecule has 1 aliphatic heterocycles. The second-order valence-electron chi connectivity index (χ2n) is 9.37. The van der Waals surface area contributed by atoms with E-state index >= 15 is 0 Å². The van der Waals surface area contributed by atoms with E-state index in [9.17, 15) is 32.6 Å². The van der Waals surface area contributed by atoms with Gasteiger partial charge in [-0.1, -0.05) is 11.8 Å². The molecule has 1 fully saturated rings. The first-order chi connectivity index (χ1) is 18.1. The van der Waals surface area contributed by atoms with Crippen LogP contribution in [0.3, 0.4) is 0 Å². The van der Waals surface area contributed by atoms with Crippen molar-refractivity contribution in [3.05, 3.63) is 70.9 Å². The molecule has 6 nitrogen and oxygen atoms in total. The lowest BCUT2D eigenvalue weighted by Gasteiger charge is -2.38. The molecule has 0 bridgehead atoms. The fraction of sp³-hybridized carbons (Fsp3) is 0.357. The van der Waals surface area contributed by atoms with Crippen LogP contribution in [0, 0.1) is 40.5 Å². The number of aliphatic carboxylic acids is 1. The predicted octanol–water partition coefficient (Wildman–Crippen LogP) is 4.83. The van der Waals surface area contributed by atoms with Gasteiger partial charge in [-0.15, -0.1) is 0 Å². The van der Waals surface area contributed by atoms with Crippen molar-refractivity contribution in [3.63, 3.8) is 0 Å². The van der Waals surface area contributed by atoms with Crippen molar-refractivity contribution >= 4 is 16.9 Å². The summed E-state index contributed by atoms with van der Waals surface area (Å²) in [6.45, 7) is 0.856. The monoisotopic (exact) mass is 530 g/mol. The quantitative estimate of drug-likeness (QED) is 0.336. The fourth-order valence-electron chi connectivity index (χ4n) is 4.80. The van der Waals surface area contributed by atoms with Crippen molar-refractivity contribution in [1.82, 2.24) is 9.88 Å². The highest BCUT2D eigenvalue weighted by Crippen LogP contribution is 2.40. The van der Waals surface area contributed by atoms with Gasteiger partial charge in [-0.25, -0.2) is 17.6 Å². The van der Waals surface area contributed by atoms with E-state index in [-0.39, 0.29) is 37.8 Å². The molecule has 2 aromatic carbocycles. The average molecular weight is 531 g/mol. The van der Waals surface area contributed by atoms with Crippen LogP contribution in [-0.4, -0.2) is 52.8 Å². The SMILES string of the molecule is COc1ccc2ncc(F)c(C(O)CCC3(C(=O)O)CCN(CC#Cc4c(F)cc(F)cc4F)CC3)c2c1. The van der Waals surface area contributed by atoms with Crippen LogP contribution in [0.15, 0.2) is 36.5 Å². The molecule has 0 saturated carbocycles. The van der Waals surface area contributed by atoms with Crippen LogP contribution >= 0.6 is 0 Å². The third kappa shape index (κ3) is 5.74. The Morgan fingerprint density at radius 1 is 1.13 bits per heavy atom. The van der Waals surface area contributed by atoms with Gasteiger partial charge in [0.15, 0.2) is 0 Å². The Labute approximate surface area is 216 Å². The van der Waals surface area contributed by atoms with E-state index in [0.717, 1.165) is 6.20 Å². The van der Waals surface area contributed by atoms with Crippen LogP contribution in [-0.2, 0) is 4.79 Å². The summed E-state index contributed by atoms with van der Waals surface area (Å²) in [5.74, 6) is 0.607. The molecular formula is C28H26F4N2O4. The summed E-state index contributed by atoms with van der Waals surface area (Å²) >= 11 is 0. The predicted molar refractivity (Wildman–Crippen MR) is 131 cm³/mol. The number of piperidine rings is 1. The largest absolute Gasteiger partial charge is 0.497 e. The molecule has 2 heterocycles. The van der Waals surface area contributed by atoms with Gasteiger partial charge >= 0.3 is 5.97 Å². The average Bonchev–Trinajstić information content (AvgIpc) is 2.89.